The molecule has 1 amide bonds. The van der Waals surface area contributed by atoms with Crippen LogP contribution in [0.4, 0.5) is 5.69 Å². The number of benzene rings is 2. The number of hydroxylamine groups is 1. The molecular weight excluding hydrogens is 344 g/mol. The van der Waals surface area contributed by atoms with Crippen LogP contribution in [0.15, 0.2) is 36.4 Å². The number of ether oxygens (including phenoxy) is 1. The fourth-order valence-electron chi connectivity index (χ4n) is 3.07. The van der Waals surface area contributed by atoms with Crippen LogP contribution in [0, 0.1) is 13.5 Å². The molecule has 0 spiro atoms. The van der Waals surface area contributed by atoms with Gasteiger partial charge in [0.25, 0.3) is 5.91 Å². The number of fused-ring (bicyclic) bond motifs is 1. The van der Waals surface area contributed by atoms with Gasteiger partial charge >= 0.3 is 0 Å². The highest BCUT2D eigenvalue weighted by Gasteiger charge is 2.14. The summed E-state index contributed by atoms with van der Waals surface area (Å²) in [6.45, 7) is 10.4. The molecule has 2 N–H and O–H groups in total. The normalized spacial score (nSPS) is 10.7. The van der Waals surface area contributed by atoms with Crippen molar-refractivity contribution in [1.29, 1.82) is 0 Å². The summed E-state index contributed by atoms with van der Waals surface area (Å²) in [5, 5.41) is 8.83. The number of carbonyl (C=O) groups excluding carboxylic acids is 1. The molecule has 7 nitrogen and oxygen atoms in total. The first-order valence-electron chi connectivity index (χ1n) is 8.47. The van der Waals surface area contributed by atoms with Gasteiger partial charge in [-0.25, -0.2) is 15.3 Å². The second-order valence-electron chi connectivity index (χ2n) is 6.23. The smallest absolute Gasteiger partial charge is 0.274 e. The van der Waals surface area contributed by atoms with Crippen LogP contribution in [0.5, 0.6) is 0 Å². The van der Waals surface area contributed by atoms with E-state index in [1.807, 2.05) is 19.1 Å². The number of imidazole rings is 1. The van der Waals surface area contributed by atoms with Crippen molar-refractivity contribution >= 4 is 22.6 Å². The molecule has 1 aromatic heterocycles. The number of aryl methyl sites for hydroxylation is 1. The third kappa shape index (κ3) is 3.82. The Balaban J connectivity index is 2.05. The lowest BCUT2D eigenvalue weighted by Crippen LogP contribution is -2.18. The van der Waals surface area contributed by atoms with Gasteiger partial charge in [-0.05, 0) is 42.3 Å². The minimum atomic E-state index is -0.554. The molecule has 7 heteroatoms. The van der Waals surface area contributed by atoms with Crippen LogP contribution in [-0.4, -0.2) is 34.4 Å². The zero-order valence-electron chi connectivity index (χ0n) is 15.2. The lowest BCUT2D eigenvalue weighted by molar-refractivity contribution is 0.0706. The van der Waals surface area contributed by atoms with Crippen molar-refractivity contribution in [2.45, 2.75) is 19.9 Å². The fourth-order valence-corrected chi connectivity index (χ4v) is 3.07. The third-order valence-electron chi connectivity index (χ3n) is 4.44. The quantitative estimate of drug-likeness (QED) is 0.400. The Bertz CT molecular complexity index is 1030. The lowest BCUT2D eigenvalue weighted by Gasteiger charge is -2.10. The Hall–Kier alpha value is -3.21. The van der Waals surface area contributed by atoms with E-state index in [2.05, 4.69) is 9.41 Å². The lowest BCUT2D eigenvalue weighted by atomic mass is 10.1. The van der Waals surface area contributed by atoms with Crippen molar-refractivity contribution in [3.8, 4) is 0 Å². The van der Waals surface area contributed by atoms with Gasteiger partial charge in [0, 0.05) is 25.6 Å². The Kier molecular flexibility index (Phi) is 5.50. The second-order valence-corrected chi connectivity index (χ2v) is 6.23. The predicted molar refractivity (Wildman–Crippen MR) is 101 cm³/mol. The molecule has 0 bridgehead atoms. The van der Waals surface area contributed by atoms with Crippen molar-refractivity contribution in [2.75, 3.05) is 13.7 Å². The number of methoxy groups -OCH3 is 1. The maximum Gasteiger partial charge on any atom is 0.274 e. The van der Waals surface area contributed by atoms with Gasteiger partial charge in [-0.2, -0.15) is 0 Å². The molecule has 0 saturated carbocycles. The molecule has 0 aliphatic heterocycles. The van der Waals surface area contributed by atoms with E-state index in [4.69, 9.17) is 21.5 Å². The van der Waals surface area contributed by atoms with E-state index in [9.17, 15) is 4.79 Å². The minimum Gasteiger partial charge on any atom is -0.383 e. The molecule has 0 radical (unpaired) electrons. The summed E-state index contributed by atoms with van der Waals surface area (Å²) in [7, 11) is 1.65. The second kappa shape index (κ2) is 7.99. The zero-order chi connectivity index (χ0) is 19.4. The molecule has 2 aromatic carbocycles. The standard InChI is InChI=1S/C20H20N4O3/c1-13-9-18-17(12-16(13)21-2)22-19(24(18)7-8-27-3)11-14-5-4-6-15(10-14)20(25)23-26/h4-6,9-10,12,26H,7-8,11H2,1,3H3,(H,23,25). The Morgan fingerprint density at radius 3 is 2.89 bits per heavy atom. The number of rotatable bonds is 6. The van der Waals surface area contributed by atoms with E-state index in [-0.39, 0.29) is 0 Å². The van der Waals surface area contributed by atoms with Gasteiger partial charge in [0.05, 0.1) is 24.2 Å². The number of hydrogen-bond acceptors (Lipinski definition) is 4. The Morgan fingerprint density at radius 1 is 1.37 bits per heavy atom. The molecule has 1 heterocycles. The molecule has 3 aromatic rings. The number of hydrogen-bond donors (Lipinski definition) is 2. The van der Waals surface area contributed by atoms with Crippen molar-refractivity contribution in [1.82, 2.24) is 15.0 Å². The van der Waals surface area contributed by atoms with Crippen molar-refractivity contribution in [2.24, 2.45) is 0 Å². The van der Waals surface area contributed by atoms with Crippen molar-refractivity contribution in [3.63, 3.8) is 0 Å². The predicted octanol–water partition coefficient (Wildman–Crippen LogP) is 3.25. The van der Waals surface area contributed by atoms with Gasteiger partial charge < -0.3 is 9.30 Å². The maximum atomic E-state index is 11.6. The zero-order valence-corrected chi connectivity index (χ0v) is 15.2. The molecule has 0 aliphatic carbocycles. The van der Waals surface area contributed by atoms with Crippen LogP contribution in [-0.2, 0) is 17.7 Å². The molecule has 0 unspecified atom stereocenters. The van der Waals surface area contributed by atoms with E-state index in [1.165, 1.54) is 0 Å². The maximum absolute atomic E-state index is 11.6. The van der Waals surface area contributed by atoms with Gasteiger partial charge in [-0.1, -0.05) is 12.1 Å². The van der Waals surface area contributed by atoms with Crippen LogP contribution in [0.3, 0.4) is 0 Å². The fraction of sp³-hybridized carbons (Fsp3) is 0.250. The van der Waals surface area contributed by atoms with Crippen molar-refractivity contribution < 1.29 is 14.7 Å². The summed E-state index contributed by atoms with van der Waals surface area (Å²) >= 11 is 0. The summed E-state index contributed by atoms with van der Waals surface area (Å²) in [5.74, 6) is 0.271. The Labute approximate surface area is 157 Å². The molecule has 27 heavy (non-hydrogen) atoms. The van der Waals surface area contributed by atoms with E-state index in [1.54, 1.807) is 36.9 Å². The third-order valence-corrected chi connectivity index (χ3v) is 4.44. The highest BCUT2D eigenvalue weighted by Crippen LogP contribution is 2.27. The molecule has 3 rings (SSSR count). The SMILES string of the molecule is [C-]#[N+]c1cc2nc(Cc3cccc(C(=O)NO)c3)n(CCOC)c2cc1C. The average Bonchev–Trinajstić information content (AvgIpc) is 3.00. The van der Waals surface area contributed by atoms with Gasteiger partial charge in [-0.3, -0.25) is 10.0 Å². The molecule has 0 saturated heterocycles. The minimum absolute atomic E-state index is 0.376. The number of amides is 1. The first-order chi connectivity index (χ1) is 13.1. The molecule has 0 aliphatic rings. The highest BCUT2D eigenvalue weighted by atomic mass is 16.5. The topological polar surface area (TPSA) is 80.7 Å². The molecule has 138 valence electrons. The Morgan fingerprint density at radius 2 is 2.19 bits per heavy atom. The van der Waals surface area contributed by atoms with E-state index in [0.717, 1.165) is 28.0 Å². The monoisotopic (exact) mass is 364 g/mol. The summed E-state index contributed by atoms with van der Waals surface area (Å²) in [6.07, 6.45) is 0.511. The van der Waals surface area contributed by atoms with Crippen LogP contribution >= 0.6 is 0 Å². The largest absolute Gasteiger partial charge is 0.383 e. The summed E-state index contributed by atoms with van der Waals surface area (Å²) in [4.78, 5) is 19.9. The van der Waals surface area contributed by atoms with Crippen LogP contribution in [0.1, 0.15) is 27.3 Å². The van der Waals surface area contributed by atoms with Gasteiger partial charge in [0.2, 0.25) is 0 Å². The van der Waals surface area contributed by atoms with Crippen LogP contribution < -0.4 is 5.48 Å². The number of nitrogens with zero attached hydrogens (tertiary/aromatic N) is 3. The number of nitrogens with one attached hydrogen (secondary N) is 1. The number of aromatic nitrogens is 2. The van der Waals surface area contributed by atoms with E-state index >= 15 is 0 Å². The number of carbonyl (C=O) groups is 1. The first kappa shape index (κ1) is 18.6. The summed E-state index contributed by atoms with van der Waals surface area (Å²) in [5.41, 5.74) is 6.14. The van der Waals surface area contributed by atoms with Gasteiger partial charge in [0.15, 0.2) is 5.69 Å². The molecule has 0 fully saturated rings. The van der Waals surface area contributed by atoms with E-state index in [0.29, 0.717) is 30.8 Å². The van der Waals surface area contributed by atoms with Gasteiger partial charge in [-0.15, -0.1) is 0 Å². The van der Waals surface area contributed by atoms with E-state index < -0.39 is 5.91 Å². The highest BCUT2D eigenvalue weighted by molar-refractivity contribution is 5.93. The summed E-state index contributed by atoms with van der Waals surface area (Å²) < 4.78 is 7.31. The summed E-state index contributed by atoms with van der Waals surface area (Å²) in [6, 6.07) is 10.8. The molecular formula is C20H20N4O3. The van der Waals surface area contributed by atoms with Gasteiger partial charge in [0.1, 0.15) is 5.82 Å². The van der Waals surface area contributed by atoms with Crippen LogP contribution in [0.25, 0.3) is 15.9 Å². The molecule has 0 atom stereocenters. The van der Waals surface area contributed by atoms with Crippen LogP contribution in [0.2, 0.25) is 0 Å². The first-order valence-corrected chi connectivity index (χ1v) is 8.47. The average molecular weight is 364 g/mol. The van der Waals surface area contributed by atoms with Crippen molar-refractivity contribution in [3.05, 3.63) is 70.3 Å².